The van der Waals surface area contributed by atoms with Gasteiger partial charge in [0.15, 0.2) is 0 Å². The van der Waals surface area contributed by atoms with Crippen molar-refractivity contribution in [3.05, 3.63) is 0 Å². The molecule has 0 aromatic rings. The molecule has 0 radical (unpaired) electrons. The quantitative estimate of drug-likeness (QED) is 0.727. The Balaban J connectivity index is 2.34. The van der Waals surface area contributed by atoms with Crippen LogP contribution in [0.4, 0.5) is 0 Å². The predicted octanol–water partition coefficient (Wildman–Crippen LogP) is 2.17. The first kappa shape index (κ1) is 12.0. The zero-order chi connectivity index (χ0) is 11.0. The van der Waals surface area contributed by atoms with E-state index in [0.29, 0.717) is 11.5 Å². The molecule has 2 atom stereocenters. The van der Waals surface area contributed by atoms with Gasteiger partial charge in [-0.15, -0.1) is 0 Å². The van der Waals surface area contributed by atoms with Crippen molar-refractivity contribution in [1.82, 2.24) is 5.32 Å². The summed E-state index contributed by atoms with van der Waals surface area (Å²) in [6, 6.07) is 0.489. The minimum absolute atomic E-state index is 0.0593. The van der Waals surface area contributed by atoms with Crippen LogP contribution in [0.25, 0.3) is 0 Å². The van der Waals surface area contributed by atoms with Crippen molar-refractivity contribution in [1.29, 1.82) is 0 Å². The Morgan fingerprint density at radius 3 is 2.36 bits per heavy atom. The largest absolute Gasteiger partial charge is 0.392 e. The van der Waals surface area contributed by atoms with Gasteiger partial charge in [-0.05, 0) is 18.3 Å². The summed E-state index contributed by atoms with van der Waals surface area (Å²) in [5.74, 6) is 0. The minimum atomic E-state index is -0.121. The molecule has 0 amide bonds. The second-order valence-corrected chi connectivity index (χ2v) is 6.02. The van der Waals surface area contributed by atoms with Crippen LogP contribution in [0.3, 0.4) is 0 Å². The first-order valence-electron chi connectivity index (χ1n) is 5.71. The molecule has 14 heavy (non-hydrogen) atoms. The summed E-state index contributed by atoms with van der Waals surface area (Å²) in [5, 5.41) is 13.2. The molecule has 0 saturated heterocycles. The fourth-order valence-electron chi connectivity index (χ4n) is 1.77. The maximum atomic E-state index is 9.59. The van der Waals surface area contributed by atoms with Gasteiger partial charge in [-0.25, -0.2) is 0 Å². The summed E-state index contributed by atoms with van der Waals surface area (Å²) < 4.78 is 0. The van der Waals surface area contributed by atoms with Gasteiger partial charge in [0, 0.05) is 18.0 Å². The molecule has 84 valence electrons. The van der Waals surface area contributed by atoms with Crippen LogP contribution in [-0.2, 0) is 0 Å². The summed E-state index contributed by atoms with van der Waals surface area (Å²) in [7, 11) is 0. The van der Waals surface area contributed by atoms with E-state index in [-0.39, 0.29) is 11.5 Å². The van der Waals surface area contributed by atoms with Crippen molar-refractivity contribution < 1.29 is 5.11 Å². The molecule has 1 aliphatic rings. The van der Waals surface area contributed by atoms with Crippen LogP contribution >= 0.6 is 0 Å². The van der Waals surface area contributed by atoms with E-state index in [1.165, 1.54) is 6.42 Å². The third-order valence-corrected chi connectivity index (χ3v) is 4.00. The Morgan fingerprint density at radius 1 is 1.43 bits per heavy atom. The SMILES string of the molecule is CCC(C)(C)CNC1CC(O)C1(C)C. The van der Waals surface area contributed by atoms with E-state index < -0.39 is 0 Å². The Hall–Kier alpha value is -0.0800. The minimum Gasteiger partial charge on any atom is -0.392 e. The molecule has 2 heteroatoms. The van der Waals surface area contributed by atoms with Crippen LogP contribution in [0.1, 0.15) is 47.5 Å². The van der Waals surface area contributed by atoms with E-state index in [2.05, 4.69) is 39.9 Å². The lowest BCUT2D eigenvalue weighted by molar-refractivity contribution is -0.0746. The van der Waals surface area contributed by atoms with E-state index in [0.717, 1.165) is 13.0 Å². The number of hydrogen-bond donors (Lipinski definition) is 2. The Bertz CT molecular complexity index is 198. The Morgan fingerprint density at radius 2 is 2.00 bits per heavy atom. The number of aliphatic hydroxyl groups excluding tert-OH is 1. The molecule has 0 bridgehead atoms. The molecule has 2 N–H and O–H groups in total. The molecule has 0 aliphatic heterocycles. The summed E-state index contributed by atoms with van der Waals surface area (Å²) >= 11 is 0. The average Bonchev–Trinajstić information content (AvgIpc) is 2.12. The fourth-order valence-corrected chi connectivity index (χ4v) is 1.77. The molecule has 2 unspecified atom stereocenters. The second-order valence-electron chi connectivity index (χ2n) is 6.02. The molecule has 0 heterocycles. The van der Waals surface area contributed by atoms with Crippen molar-refractivity contribution in [2.75, 3.05) is 6.54 Å². The maximum Gasteiger partial charge on any atom is 0.0621 e. The van der Waals surface area contributed by atoms with Gasteiger partial charge < -0.3 is 10.4 Å². The van der Waals surface area contributed by atoms with E-state index in [9.17, 15) is 5.11 Å². The molecule has 1 aliphatic carbocycles. The first-order valence-corrected chi connectivity index (χ1v) is 5.71. The predicted molar refractivity (Wildman–Crippen MR) is 60.3 cm³/mol. The van der Waals surface area contributed by atoms with Gasteiger partial charge in [0.25, 0.3) is 0 Å². The first-order chi connectivity index (χ1) is 6.29. The summed E-state index contributed by atoms with van der Waals surface area (Å²) in [6.07, 6.45) is 1.98. The van der Waals surface area contributed by atoms with Crippen LogP contribution < -0.4 is 5.32 Å². The van der Waals surface area contributed by atoms with Gasteiger partial charge in [0.05, 0.1) is 6.10 Å². The fraction of sp³-hybridized carbons (Fsp3) is 1.00. The third-order valence-electron chi connectivity index (χ3n) is 4.00. The lowest BCUT2D eigenvalue weighted by Crippen LogP contribution is -2.61. The number of rotatable bonds is 4. The monoisotopic (exact) mass is 199 g/mol. The van der Waals surface area contributed by atoms with Gasteiger partial charge in [-0.1, -0.05) is 34.6 Å². The van der Waals surface area contributed by atoms with Crippen molar-refractivity contribution in [3.63, 3.8) is 0 Å². The number of hydrogen-bond acceptors (Lipinski definition) is 2. The highest BCUT2D eigenvalue weighted by molar-refractivity contribution is 5.02. The zero-order valence-electron chi connectivity index (χ0n) is 10.2. The van der Waals surface area contributed by atoms with Gasteiger partial charge >= 0.3 is 0 Å². The Labute approximate surface area is 88.1 Å². The van der Waals surface area contributed by atoms with Gasteiger partial charge in [-0.2, -0.15) is 0 Å². The molecule has 1 fully saturated rings. The smallest absolute Gasteiger partial charge is 0.0621 e. The number of nitrogens with one attached hydrogen (secondary N) is 1. The summed E-state index contributed by atoms with van der Waals surface area (Å²) in [5.41, 5.74) is 0.431. The van der Waals surface area contributed by atoms with Crippen LogP contribution in [0.5, 0.6) is 0 Å². The molecule has 1 rings (SSSR count). The molecule has 1 saturated carbocycles. The van der Waals surface area contributed by atoms with E-state index in [1.54, 1.807) is 0 Å². The third kappa shape index (κ3) is 2.29. The van der Waals surface area contributed by atoms with Crippen LogP contribution in [0.15, 0.2) is 0 Å². The van der Waals surface area contributed by atoms with Gasteiger partial charge in [0.1, 0.15) is 0 Å². The van der Waals surface area contributed by atoms with E-state index >= 15 is 0 Å². The summed E-state index contributed by atoms with van der Waals surface area (Å²) in [6.45, 7) is 12.1. The highest BCUT2D eigenvalue weighted by atomic mass is 16.3. The van der Waals surface area contributed by atoms with Crippen molar-refractivity contribution >= 4 is 0 Å². The highest BCUT2D eigenvalue weighted by Gasteiger charge is 2.47. The lowest BCUT2D eigenvalue weighted by atomic mass is 9.64. The zero-order valence-corrected chi connectivity index (χ0v) is 10.2. The molecule has 0 aromatic heterocycles. The molecule has 0 spiro atoms. The van der Waals surface area contributed by atoms with Crippen LogP contribution in [-0.4, -0.2) is 23.8 Å². The average molecular weight is 199 g/mol. The molecule has 0 aromatic carbocycles. The van der Waals surface area contributed by atoms with E-state index in [1.807, 2.05) is 0 Å². The van der Waals surface area contributed by atoms with Gasteiger partial charge in [-0.3, -0.25) is 0 Å². The topological polar surface area (TPSA) is 32.3 Å². The van der Waals surface area contributed by atoms with Crippen molar-refractivity contribution in [3.8, 4) is 0 Å². The standard InChI is InChI=1S/C12H25NO/c1-6-11(2,3)8-13-9-7-10(14)12(9,4)5/h9-10,13-14H,6-8H2,1-5H3. The van der Waals surface area contributed by atoms with Crippen molar-refractivity contribution in [2.45, 2.75) is 59.6 Å². The molecular weight excluding hydrogens is 174 g/mol. The Kier molecular flexibility index (Phi) is 3.27. The lowest BCUT2D eigenvalue weighted by Gasteiger charge is -2.50. The van der Waals surface area contributed by atoms with Crippen LogP contribution in [0, 0.1) is 10.8 Å². The normalized spacial score (nSPS) is 31.3. The number of aliphatic hydroxyl groups is 1. The highest BCUT2D eigenvalue weighted by Crippen LogP contribution is 2.40. The van der Waals surface area contributed by atoms with E-state index in [4.69, 9.17) is 0 Å². The van der Waals surface area contributed by atoms with Crippen molar-refractivity contribution in [2.24, 2.45) is 10.8 Å². The second kappa shape index (κ2) is 3.82. The molecular formula is C12H25NO. The summed E-state index contributed by atoms with van der Waals surface area (Å²) in [4.78, 5) is 0. The molecule has 2 nitrogen and oxygen atoms in total. The van der Waals surface area contributed by atoms with Crippen LogP contribution in [0.2, 0.25) is 0 Å². The van der Waals surface area contributed by atoms with Gasteiger partial charge in [0.2, 0.25) is 0 Å². The maximum absolute atomic E-state index is 9.59.